The number of fused-ring (bicyclic) bond motifs is 1. The lowest BCUT2D eigenvalue weighted by Gasteiger charge is -2.32. The van der Waals surface area contributed by atoms with Crippen molar-refractivity contribution in [2.45, 2.75) is 19.4 Å². The number of piperidine rings is 1. The summed E-state index contributed by atoms with van der Waals surface area (Å²) in [7, 11) is 2.02. The molecule has 0 saturated carbocycles. The number of nitrogens with zero attached hydrogens (tertiary/aromatic N) is 3. The van der Waals surface area contributed by atoms with E-state index in [1.807, 2.05) is 31.3 Å². The number of likely N-dealkylation sites (tertiary alicyclic amines) is 1. The Bertz CT molecular complexity index is 617. The molecule has 0 bridgehead atoms. The minimum absolute atomic E-state index is 0. The summed E-state index contributed by atoms with van der Waals surface area (Å²) in [6.45, 7) is 4.10. The molecule has 5 nitrogen and oxygen atoms in total. The molecule has 1 unspecified atom stereocenters. The van der Waals surface area contributed by atoms with Crippen molar-refractivity contribution in [3.8, 4) is 0 Å². The molecule has 0 aliphatic carbocycles. The topological polar surface area (TPSA) is 67.1 Å². The van der Waals surface area contributed by atoms with Crippen LogP contribution in [0.25, 0.3) is 10.9 Å². The molecule has 6 heteroatoms. The molecule has 3 rings (SSSR count). The predicted octanol–water partition coefficient (Wildman–Crippen LogP) is 2.07. The molecule has 1 aromatic heterocycles. The summed E-state index contributed by atoms with van der Waals surface area (Å²) in [5.41, 5.74) is 6.99. The van der Waals surface area contributed by atoms with Gasteiger partial charge in [0, 0.05) is 11.9 Å². The average molecular weight is 322 g/mol. The normalized spacial score (nSPS) is 19.0. The third-order valence-electron chi connectivity index (χ3n) is 4.14. The van der Waals surface area contributed by atoms with Crippen LogP contribution in [0.1, 0.15) is 18.7 Å². The SMILES string of the molecule is CNCC1CCCN(Cc2nc(N)c3ccccc3n2)C1.Cl. The van der Waals surface area contributed by atoms with Crippen molar-refractivity contribution in [1.29, 1.82) is 0 Å². The van der Waals surface area contributed by atoms with Gasteiger partial charge in [0.25, 0.3) is 0 Å². The number of hydrogen-bond donors (Lipinski definition) is 2. The van der Waals surface area contributed by atoms with Crippen LogP contribution in [0.5, 0.6) is 0 Å². The fourth-order valence-electron chi connectivity index (χ4n) is 3.17. The fourth-order valence-corrected chi connectivity index (χ4v) is 3.17. The quantitative estimate of drug-likeness (QED) is 0.902. The monoisotopic (exact) mass is 321 g/mol. The maximum atomic E-state index is 6.06. The van der Waals surface area contributed by atoms with Crippen LogP contribution in [0, 0.1) is 5.92 Å². The molecule has 1 saturated heterocycles. The van der Waals surface area contributed by atoms with Crippen molar-refractivity contribution in [1.82, 2.24) is 20.2 Å². The molecule has 3 N–H and O–H groups in total. The van der Waals surface area contributed by atoms with Crippen LogP contribution in [-0.4, -0.2) is 41.5 Å². The number of aromatic nitrogens is 2. The van der Waals surface area contributed by atoms with Crippen LogP contribution in [0.4, 0.5) is 5.82 Å². The highest BCUT2D eigenvalue weighted by Crippen LogP contribution is 2.20. The Balaban J connectivity index is 0.00000176. The molecule has 2 aromatic rings. The van der Waals surface area contributed by atoms with E-state index in [1.54, 1.807) is 0 Å². The number of para-hydroxylation sites is 1. The number of nitrogens with one attached hydrogen (secondary N) is 1. The largest absolute Gasteiger partial charge is 0.383 e. The first-order chi connectivity index (χ1) is 10.3. The molecule has 1 aliphatic rings. The zero-order chi connectivity index (χ0) is 14.7. The van der Waals surface area contributed by atoms with Crippen LogP contribution in [0.2, 0.25) is 0 Å². The van der Waals surface area contributed by atoms with Gasteiger partial charge in [-0.3, -0.25) is 4.90 Å². The van der Waals surface area contributed by atoms with E-state index in [1.165, 1.54) is 12.8 Å². The first kappa shape index (κ1) is 16.9. The van der Waals surface area contributed by atoms with Gasteiger partial charge in [-0.25, -0.2) is 9.97 Å². The summed E-state index contributed by atoms with van der Waals surface area (Å²) >= 11 is 0. The molecule has 2 heterocycles. The van der Waals surface area contributed by atoms with E-state index in [9.17, 15) is 0 Å². The van der Waals surface area contributed by atoms with Gasteiger partial charge in [0.2, 0.25) is 0 Å². The van der Waals surface area contributed by atoms with Crippen LogP contribution in [-0.2, 0) is 6.54 Å². The smallest absolute Gasteiger partial charge is 0.145 e. The van der Waals surface area contributed by atoms with E-state index in [0.717, 1.165) is 48.8 Å². The van der Waals surface area contributed by atoms with Gasteiger partial charge in [0.1, 0.15) is 11.6 Å². The first-order valence-corrected chi connectivity index (χ1v) is 7.64. The van der Waals surface area contributed by atoms with Crippen molar-refractivity contribution in [3.05, 3.63) is 30.1 Å². The standard InChI is InChI=1S/C16H23N5.ClH/c1-18-9-12-5-4-8-21(10-12)11-15-19-14-7-3-2-6-13(14)16(17)20-15;/h2-3,6-7,12,18H,4-5,8-11H2,1H3,(H2,17,19,20);1H. The Hall–Kier alpha value is -1.43. The Morgan fingerprint density at radius 3 is 2.95 bits per heavy atom. The Kier molecular flexibility index (Phi) is 5.94. The second-order valence-corrected chi connectivity index (χ2v) is 5.84. The first-order valence-electron chi connectivity index (χ1n) is 7.64. The highest BCUT2D eigenvalue weighted by molar-refractivity contribution is 5.87. The molecule has 1 aromatic carbocycles. The third-order valence-corrected chi connectivity index (χ3v) is 4.14. The van der Waals surface area contributed by atoms with Crippen LogP contribution >= 0.6 is 12.4 Å². The van der Waals surface area contributed by atoms with Gasteiger partial charge in [-0.2, -0.15) is 0 Å². The minimum Gasteiger partial charge on any atom is -0.383 e. The summed E-state index contributed by atoms with van der Waals surface area (Å²) < 4.78 is 0. The molecule has 0 amide bonds. The lowest BCUT2D eigenvalue weighted by molar-refractivity contribution is 0.163. The highest BCUT2D eigenvalue weighted by atomic mass is 35.5. The van der Waals surface area contributed by atoms with Crippen molar-refractivity contribution in [3.63, 3.8) is 0 Å². The zero-order valence-corrected chi connectivity index (χ0v) is 13.8. The number of nitrogens with two attached hydrogens (primary N) is 1. The average Bonchev–Trinajstić information content (AvgIpc) is 2.48. The van der Waals surface area contributed by atoms with E-state index >= 15 is 0 Å². The summed E-state index contributed by atoms with van der Waals surface area (Å²) in [6, 6.07) is 7.92. The maximum absolute atomic E-state index is 6.06. The number of halogens is 1. The van der Waals surface area contributed by atoms with Gasteiger partial charge in [0.15, 0.2) is 0 Å². The third kappa shape index (κ3) is 3.85. The summed E-state index contributed by atoms with van der Waals surface area (Å²) in [4.78, 5) is 11.6. The molecule has 22 heavy (non-hydrogen) atoms. The van der Waals surface area contributed by atoms with E-state index in [4.69, 9.17) is 5.73 Å². The van der Waals surface area contributed by atoms with Crippen LogP contribution < -0.4 is 11.1 Å². The number of nitrogen functional groups attached to an aromatic ring is 1. The minimum atomic E-state index is 0. The molecule has 120 valence electrons. The lowest BCUT2D eigenvalue weighted by atomic mass is 9.98. The number of rotatable bonds is 4. The molecular formula is C16H24ClN5. The molecule has 0 spiro atoms. The van der Waals surface area contributed by atoms with Gasteiger partial charge in [-0.1, -0.05) is 12.1 Å². The van der Waals surface area contributed by atoms with Crippen molar-refractivity contribution in [2.75, 3.05) is 32.4 Å². The molecule has 1 aliphatic heterocycles. The van der Waals surface area contributed by atoms with E-state index < -0.39 is 0 Å². The summed E-state index contributed by atoms with van der Waals surface area (Å²) in [5, 5.41) is 4.22. The molecule has 1 atom stereocenters. The Morgan fingerprint density at radius 2 is 2.14 bits per heavy atom. The fraction of sp³-hybridized carbons (Fsp3) is 0.500. The molecule has 1 fully saturated rings. The lowest BCUT2D eigenvalue weighted by Crippen LogP contribution is -2.38. The second-order valence-electron chi connectivity index (χ2n) is 5.84. The van der Waals surface area contributed by atoms with E-state index in [2.05, 4.69) is 20.2 Å². The van der Waals surface area contributed by atoms with Crippen LogP contribution in [0.3, 0.4) is 0 Å². The Morgan fingerprint density at radius 1 is 1.32 bits per heavy atom. The zero-order valence-electron chi connectivity index (χ0n) is 13.0. The van der Waals surface area contributed by atoms with Gasteiger partial charge in [-0.15, -0.1) is 12.4 Å². The van der Waals surface area contributed by atoms with Crippen molar-refractivity contribution in [2.24, 2.45) is 5.92 Å². The summed E-state index contributed by atoms with van der Waals surface area (Å²) in [6.07, 6.45) is 2.55. The number of benzene rings is 1. The highest BCUT2D eigenvalue weighted by Gasteiger charge is 2.20. The molecular weight excluding hydrogens is 298 g/mol. The maximum Gasteiger partial charge on any atom is 0.145 e. The van der Waals surface area contributed by atoms with Crippen molar-refractivity contribution >= 4 is 29.1 Å². The van der Waals surface area contributed by atoms with Gasteiger partial charge in [-0.05, 0) is 51.0 Å². The predicted molar refractivity (Wildman–Crippen MR) is 93.1 cm³/mol. The van der Waals surface area contributed by atoms with Gasteiger partial charge in [0.05, 0.1) is 12.1 Å². The molecule has 0 radical (unpaired) electrons. The van der Waals surface area contributed by atoms with Crippen molar-refractivity contribution < 1.29 is 0 Å². The van der Waals surface area contributed by atoms with Gasteiger partial charge >= 0.3 is 0 Å². The van der Waals surface area contributed by atoms with E-state index in [0.29, 0.717) is 5.82 Å². The number of anilines is 1. The summed E-state index contributed by atoms with van der Waals surface area (Å²) in [5.74, 6) is 2.14. The van der Waals surface area contributed by atoms with Crippen LogP contribution in [0.15, 0.2) is 24.3 Å². The number of hydrogen-bond acceptors (Lipinski definition) is 5. The second kappa shape index (κ2) is 7.72. The van der Waals surface area contributed by atoms with E-state index in [-0.39, 0.29) is 12.4 Å². The van der Waals surface area contributed by atoms with Gasteiger partial charge < -0.3 is 11.1 Å². The Labute approximate surface area is 137 Å².